The highest BCUT2D eigenvalue weighted by molar-refractivity contribution is 5.88. The molecule has 4 aliphatic rings. The Labute approximate surface area is 150 Å². The van der Waals surface area contributed by atoms with Crippen LogP contribution >= 0.6 is 0 Å². The van der Waals surface area contributed by atoms with Crippen LogP contribution in [0.3, 0.4) is 0 Å². The molecule has 1 spiro atoms. The van der Waals surface area contributed by atoms with Crippen molar-refractivity contribution in [2.24, 2.45) is 16.7 Å². The third-order valence-corrected chi connectivity index (χ3v) is 6.89. The maximum atomic E-state index is 13.0. The van der Waals surface area contributed by atoms with Gasteiger partial charge in [-0.15, -0.1) is 0 Å². The van der Waals surface area contributed by atoms with E-state index in [1.54, 1.807) is 0 Å². The van der Waals surface area contributed by atoms with Crippen LogP contribution in [-0.2, 0) is 14.3 Å². The lowest BCUT2D eigenvalue weighted by molar-refractivity contribution is -0.180. The third kappa shape index (κ3) is 2.79. The summed E-state index contributed by atoms with van der Waals surface area (Å²) in [7, 11) is 0. The lowest BCUT2D eigenvalue weighted by atomic mass is 9.46. The zero-order valence-corrected chi connectivity index (χ0v) is 15.8. The Hall–Kier alpha value is -1.10. The van der Waals surface area contributed by atoms with Crippen molar-refractivity contribution in [3.63, 3.8) is 0 Å². The number of ether oxygens (including phenoxy) is 1. The molecule has 2 aliphatic carbocycles. The van der Waals surface area contributed by atoms with Crippen LogP contribution in [0.5, 0.6) is 0 Å². The fraction of sp³-hybridized carbons (Fsp3) is 0.900. The van der Waals surface area contributed by atoms with Gasteiger partial charge < -0.3 is 15.0 Å². The zero-order chi connectivity index (χ0) is 17.8. The van der Waals surface area contributed by atoms with Gasteiger partial charge in [-0.1, -0.05) is 27.2 Å². The average molecular weight is 348 g/mol. The number of rotatable bonds is 3. The summed E-state index contributed by atoms with van der Waals surface area (Å²) in [4.78, 5) is 27.5. The van der Waals surface area contributed by atoms with Gasteiger partial charge in [0.15, 0.2) is 0 Å². The van der Waals surface area contributed by atoms with Crippen LogP contribution in [-0.4, -0.2) is 48.1 Å². The van der Waals surface area contributed by atoms with E-state index in [1.165, 1.54) is 19.3 Å². The first-order valence-electron chi connectivity index (χ1n) is 10.0. The van der Waals surface area contributed by atoms with Gasteiger partial charge in [-0.05, 0) is 37.5 Å². The second kappa shape index (κ2) is 5.97. The highest BCUT2D eigenvalue weighted by Gasteiger charge is 2.67. The van der Waals surface area contributed by atoms with Crippen LogP contribution in [0.4, 0.5) is 0 Å². The minimum Gasteiger partial charge on any atom is -0.377 e. The highest BCUT2D eigenvalue weighted by Crippen LogP contribution is 2.62. The van der Waals surface area contributed by atoms with E-state index in [2.05, 4.69) is 26.1 Å². The van der Waals surface area contributed by atoms with Gasteiger partial charge in [0, 0.05) is 36.9 Å². The molecule has 0 bridgehead atoms. The van der Waals surface area contributed by atoms with E-state index in [9.17, 15) is 9.59 Å². The van der Waals surface area contributed by atoms with Crippen LogP contribution in [0, 0.1) is 16.7 Å². The SMILES string of the molecule is CC(C)(C)CC(=O)N1CCC[C@@H]1C(=O)N[C@@H]1[C@H]2CCO[C@H]2C12CCC2. The van der Waals surface area contributed by atoms with Crippen LogP contribution < -0.4 is 5.32 Å². The number of carbonyl (C=O) groups is 2. The minimum absolute atomic E-state index is 0.0426. The van der Waals surface area contributed by atoms with Crippen molar-refractivity contribution in [1.82, 2.24) is 10.2 Å². The maximum Gasteiger partial charge on any atom is 0.243 e. The predicted octanol–water partition coefficient (Wildman–Crippen LogP) is 2.49. The molecule has 4 atom stereocenters. The van der Waals surface area contributed by atoms with Crippen LogP contribution in [0.1, 0.15) is 65.7 Å². The Morgan fingerprint density at radius 2 is 1.96 bits per heavy atom. The van der Waals surface area contributed by atoms with Gasteiger partial charge in [0.05, 0.1) is 6.10 Å². The Morgan fingerprint density at radius 1 is 1.20 bits per heavy atom. The second-order valence-electron chi connectivity index (χ2n) is 9.80. The maximum absolute atomic E-state index is 13.0. The van der Waals surface area contributed by atoms with E-state index >= 15 is 0 Å². The lowest BCUT2D eigenvalue weighted by Crippen LogP contribution is -2.72. The van der Waals surface area contributed by atoms with Gasteiger partial charge in [-0.2, -0.15) is 0 Å². The summed E-state index contributed by atoms with van der Waals surface area (Å²) in [5.41, 5.74) is 0.161. The predicted molar refractivity (Wildman–Crippen MR) is 94.9 cm³/mol. The average Bonchev–Trinajstić information content (AvgIpc) is 3.08. The molecule has 2 saturated heterocycles. The number of fused-ring (bicyclic) bond motifs is 2. The molecule has 4 fully saturated rings. The van der Waals surface area contributed by atoms with Crippen molar-refractivity contribution in [3.05, 3.63) is 0 Å². The number of carbonyl (C=O) groups excluding carboxylic acids is 2. The van der Waals surface area contributed by atoms with E-state index in [1.807, 2.05) is 4.90 Å². The number of nitrogens with zero attached hydrogens (tertiary/aromatic N) is 1. The molecule has 5 nitrogen and oxygen atoms in total. The molecule has 1 N–H and O–H groups in total. The molecule has 5 heteroatoms. The summed E-state index contributed by atoms with van der Waals surface area (Å²) < 4.78 is 5.95. The number of nitrogens with one attached hydrogen (secondary N) is 1. The molecule has 0 aromatic rings. The number of amides is 2. The molecule has 0 aromatic carbocycles. The first kappa shape index (κ1) is 17.3. The molecule has 0 radical (unpaired) electrons. The standard InChI is InChI=1S/C20H32N2O3/c1-19(2,3)12-15(23)22-10-4-6-14(22)18(24)21-16-13-7-11-25-17(13)20(16)8-5-9-20/h13-14,16-17H,4-12H2,1-3H3,(H,21,24)/t13-,14-,16-,17-/m1/s1. The fourth-order valence-electron chi connectivity index (χ4n) is 5.60. The molecule has 2 heterocycles. The summed E-state index contributed by atoms with van der Waals surface area (Å²) in [5.74, 6) is 0.685. The fourth-order valence-corrected chi connectivity index (χ4v) is 5.60. The highest BCUT2D eigenvalue weighted by atomic mass is 16.5. The smallest absolute Gasteiger partial charge is 0.243 e. The van der Waals surface area contributed by atoms with Crippen LogP contribution in [0.25, 0.3) is 0 Å². The van der Waals surface area contributed by atoms with Crippen molar-refractivity contribution < 1.29 is 14.3 Å². The summed E-state index contributed by atoms with van der Waals surface area (Å²) in [5, 5.41) is 3.36. The first-order chi connectivity index (χ1) is 11.8. The Bertz CT molecular complexity index is 564. The molecule has 2 amide bonds. The van der Waals surface area contributed by atoms with Crippen LogP contribution in [0.15, 0.2) is 0 Å². The molecule has 4 rings (SSSR count). The van der Waals surface area contributed by atoms with Gasteiger partial charge in [0.25, 0.3) is 0 Å². The number of hydrogen-bond donors (Lipinski definition) is 1. The quantitative estimate of drug-likeness (QED) is 0.852. The minimum atomic E-state index is -0.270. The Morgan fingerprint density at radius 3 is 2.60 bits per heavy atom. The number of likely N-dealkylation sites (tertiary alicyclic amines) is 1. The van der Waals surface area contributed by atoms with Gasteiger partial charge in [-0.25, -0.2) is 0 Å². The van der Waals surface area contributed by atoms with Gasteiger partial charge in [0.2, 0.25) is 11.8 Å². The summed E-state index contributed by atoms with van der Waals surface area (Å²) in [6.45, 7) is 7.78. The zero-order valence-electron chi connectivity index (χ0n) is 15.8. The summed E-state index contributed by atoms with van der Waals surface area (Å²) >= 11 is 0. The van der Waals surface area contributed by atoms with E-state index in [4.69, 9.17) is 4.74 Å². The third-order valence-electron chi connectivity index (χ3n) is 6.89. The van der Waals surface area contributed by atoms with E-state index in [0.717, 1.165) is 32.4 Å². The molecule has 140 valence electrons. The number of hydrogen-bond acceptors (Lipinski definition) is 3. The van der Waals surface area contributed by atoms with Gasteiger partial charge in [-0.3, -0.25) is 9.59 Å². The first-order valence-corrected chi connectivity index (χ1v) is 10.0. The van der Waals surface area contributed by atoms with Crippen molar-refractivity contribution >= 4 is 11.8 Å². The van der Waals surface area contributed by atoms with E-state index < -0.39 is 0 Å². The molecular weight excluding hydrogens is 316 g/mol. The molecule has 0 aromatic heterocycles. The molecule has 25 heavy (non-hydrogen) atoms. The van der Waals surface area contributed by atoms with Crippen LogP contribution in [0.2, 0.25) is 0 Å². The second-order valence-corrected chi connectivity index (χ2v) is 9.80. The van der Waals surface area contributed by atoms with Crippen molar-refractivity contribution in [1.29, 1.82) is 0 Å². The van der Waals surface area contributed by atoms with Crippen molar-refractivity contribution in [2.45, 2.75) is 83.9 Å². The Kier molecular flexibility index (Phi) is 4.13. The Balaban J connectivity index is 1.41. The van der Waals surface area contributed by atoms with Crippen molar-refractivity contribution in [2.75, 3.05) is 13.2 Å². The molecular formula is C20H32N2O3. The summed E-state index contributed by atoms with van der Waals surface area (Å²) in [6.07, 6.45) is 7.27. The van der Waals surface area contributed by atoms with E-state index in [-0.39, 0.29) is 34.7 Å². The van der Waals surface area contributed by atoms with Gasteiger partial charge in [0.1, 0.15) is 6.04 Å². The van der Waals surface area contributed by atoms with E-state index in [0.29, 0.717) is 18.4 Å². The molecule has 0 unspecified atom stereocenters. The monoisotopic (exact) mass is 348 g/mol. The molecule has 2 saturated carbocycles. The van der Waals surface area contributed by atoms with Crippen molar-refractivity contribution in [3.8, 4) is 0 Å². The molecule has 2 aliphatic heterocycles. The normalized spacial score (nSPS) is 35.9. The topological polar surface area (TPSA) is 58.6 Å². The summed E-state index contributed by atoms with van der Waals surface area (Å²) in [6, 6.07) is -0.00485. The largest absolute Gasteiger partial charge is 0.377 e. The lowest BCUT2D eigenvalue weighted by Gasteiger charge is -2.63. The van der Waals surface area contributed by atoms with Gasteiger partial charge >= 0.3 is 0 Å².